The summed E-state index contributed by atoms with van der Waals surface area (Å²) in [6.45, 7) is 5.29. The smallest absolute Gasteiger partial charge is 0.340 e. The van der Waals surface area contributed by atoms with Gasteiger partial charge in [-0.05, 0) is 32.4 Å². The van der Waals surface area contributed by atoms with Crippen LogP contribution in [0.25, 0.3) is 0 Å². The highest BCUT2D eigenvalue weighted by Gasteiger charge is 2.40. The molecule has 0 amide bonds. The van der Waals surface area contributed by atoms with E-state index in [1.54, 1.807) is 45.0 Å². The van der Waals surface area contributed by atoms with Crippen LogP contribution in [0.4, 0.5) is 0 Å². The summed E-state index contributed by atoms with van der Waals surface area (Å²) in [5.41, 5.74) is 6.69. The van der Waals surface area contributed by atoms with Crippen LogP contribution in [0.3, 0.4) is 0 Å². The summed E-state index contributed by atoms with van der Waals surface area (Å²) in [7, 11) is 0. The molecule has 0 unspecified atom stereocenters. The number of carbonyl (C=O) groups excluding carboxylic acids is 2. The number of hydrogen-bond acceptors (Lipinski definition) is 6. The normalized spacial score (nSPS) is 17.2. The van der Waals surface area contributed by atoms with E-state index in [0.29, 0.717) is 10.6 Å². The van der Waals surface area contributed by atoms with Gasteiger partial charge in [0.1, 0.15) is 11.3 Å². The molecular formula is C18H20ClNO5. The highest BCUT2D eigenvalue weighted by atomic mass is 35.5. The average molecular weight is 366 g/mol. The molecule has 0 fully saturated rings. The number of benzene rings is 1. The lowest BCUT2D eigenvalue weighted by molar-refractivity contribution is -0.140. The molecule has 6 nitrogen and oxygen atoms in total. The number of esters is 2. The molecule has 1 heterocycles. The molecule has 0 bridgehead atoms. The molecule has 2 N–H and O–H groups in total. The number of nitrogens with two attached hydrogens (primary N) is 1. The lowest BCUT2D eigenvalue weighted by Crippen LogP contribution is -2.30. The molecule has 0 radical (unpaired) electrons. The third-order valence-corrected chi connectivity index (χ3v) is 4.04. The van der Waals surface area contributed by atoms with Gasteiger partial charge < -0.3 is 19.9 Å². The molecule has 0 saturated carbocycles. The van der Waals surface area contributed by atoms with Crippen LogP contribution in [0.1, 0.15) is 32.3 Å². The van der Waals surface area contributed by atoms with Crippen LogP contribution in [-0.4, -0.2) is 25.2 Å². The summed E-state index contributed by atoms with van der Waals surface area (Å²) < 4.78 is 15.7. The van der Waals surface area contributed by atoms with Gasteiger partial charge in [-0.1, -0.05) is 29.8 Å². The van der Waals surface area contributed by atoms with Gasteiger partial charge in [0.2, 0.25) is 5.88 Å². The van der Waals surface area contributed by atoms with Gasteiger partial charge in [0.25, 0.3) is 0 Å². The Kier molecular flexibility index (Phi) is 6.09. The Balaban J connectivity index is 2.66. The van der Waals surface area contributed by atoms with Gasteiger partial charge in [-0.25, -0.2) is 9.59 Å². The van der Waals surface area contributed by atoms with Gasteiger partial charge >= 0.3 is 11.9 Å². The lowest BCUT2D eigenvalue weighted by Gasteiger charge is -2.29. The molecule has 25 heavy (non-hydrogen) atoms. The van der Waals surface area contributed by atoms with E-state index in [4.69, 9.17) is 31.5 Å². The zero-order valence-corrected chi connectivity index (χ0v) is 15.1. The number of rotatable bonds is 5. The van der Waals surface area contributed by atoms with Crippen LogP contribution < -0.4 is 5.73 Å². The Labute approximate surface area is 151 Å². The molecule has 7 heteroatoms. The molecule has 0 aromatic heterocycles. The van der Waals surface area contributed by atoms with Crippen molar-refractivity contribution in [1.29, 1.82) is 0 Å². The van der Waals surface area contributed by atoms with Crippen molar-refractivity contribution in [3.05, 3.63) is 57.6 Å². The molecule has 0 saturated heterocycles. The monoisotopic (exact) mass is 365 g/mol. The molecule has 134 valence electrons. The molecule has 1 aliphatic heterocycles. The maximum atomic E-state index is 12.5. The minimum absolute atomic E-state index is 0.0311. The Hall–Kier alpha value is -2.47. The number of ether oxygens (including phenoxy) is 3. The Bertz CT molecular complexity index is 714. The molecule has 1 aromatic rings. The van der Waals surface area contributed by atoms with Crippen molar-refractivity contribution in [3.8, 4) is 0 Å². The minimum Gasteiger partial charge on any atom is -0.463 e. The Morgan fingerprint density at radius 2 is 1.68 bits per heavy atom. The molecule has 1 atom stereocenters. The molecule has 2 rings (SSSR count). The number of carbonyl (C=O) groups is 2. The topological polar surface area (TPSA) is 87.9 Å². The third-order valence-electron chi connectivity index (χ3n) is 3.69. The maximum Gasteiger partial charge on any atom is 0.340 e. The van der Waals surface area contributed by atoms with Crippen LogP contribution in [0, 0.1) is 0 Å². The lowest BCUT2D eigenvalue weighted by atomic mass is 9.82. The zero-order valence-electron chi connectivity index (χ0n) is 14.3. The molecule has 1 aliphatic rings. The summed E-state index contributed by atoms with van der Waals surface area (Å²) >= 11 is 6.32. The van der Waals surface area contributed by atoms with Crippen molar-refractivity contribution >= 4 is 23.5 Å². The van der Waals surface area contributed by atoms with Crippen LogP contribution in [0.2, 0.25) is 5.02 Å². The van der Waals surface area contributed by atoms with Crippen LogP contribution >= 0.6 is 11.6 Å². The van der Waals surface area contributed by atoms with E-state index in [1.165, 1.54) is 0 Å². The summed E-state index contributed by atoms with van der Waals surface area (Å²) in [6.07, 6.45) is 0. The second-order valence-electron chi connectivity index (χ2n) is 5.25. The van der Waals surface area contributed by atoms with Gasteiger partial charge in [-0.3, -0.25) is 0 Å². The number of allylic oxidation sites excluding steroid dienone is 1. The fraction of sp³-hybridized carbons (Fsp3) is 0.333. The van der Waals surface area contributed by atoms with E-state index in [-0.39, 0.29) is 36.0 Å². The summed E-state index contributed by atoms with van der Waals surface area (Å²) in [6, 6.07) is 6.90. The van der Waals surface area contributed by atoms with Crippen molar-refractivity contribution in [2.24, 2.45) is 5.73 Å². The van der Waals surface area contributed by atoms with Crippen molar-refractivity contribution in [2.45, 2.75) is 26.7 Å². The Morgan fingerprint density at radius 1 is 1.12 bits per heavy atom. The predicted molar refractivity (Wildman–Crippen MR) is 92.5 cm³/mol. The van der Waals surface area contributed by atoms with Crippen LogP contribution in [0.5, 0.6) is 0 Å². The van der Waals surface area contributed by atoms with Crippen molar-refractivity contribution in [1.82, 2.24) is 0 Å². The van der Waals surface area contributed by atoms with E-state index >= 15 is 0 Å². The van der Waals surface area contributed by atoms with Crippen LogP contribution in [0.15, 0.2) is 47.1 Å². The largest absolute Gasteiger partial charge is 0.463 e. The number of halogens is 1. The highest BCUT2D eigenvalue weighted by molar-refractivity contribution is 6.31. The second-order valence-corrected chi connectivity index (χ2v) is 5.65. The zero-order chi connectivity index (χ0) is 18.6. The first-order valence-corrected chi connectivity index (χ1v) is 8.27. The standard InChI is InChI=1S/C18H20ClNO5/c1-4-23-17(21)13-10(3)25-16(20)15(18(22)24-5-2)14(13)11-8-6-7-9-12(11)19/h6-9,14H,4-5,20H2,1-3H3/t14-/m1/s1. The first kappa shape index (κ1) is 18.9. The van der Waals surface area contributed by atoms with Crippen molar-refractivity contribution < 1.29 is 23.8 Å². The van der Waals surface area contributed by atoms with Gasteiger partial charge in [0, 0.05) is 5.02 Å². The Morgan fingerprint density at radius 3 is 2.24 bits per heavy atom. The third kappa shape index (κ3) is 3.79. The summed E-state index contributed by atoms with van der Waals surface area (Å²) in [4.78, 5) is 25.0. The van der Waals surface area contributed by atoms with Gasteiger partial charge in [0.15, 0.2) is 0 Å². The van der Waals surface area contributed by atoms with E-state index in [0.717, 1.165) is 0 Å². The van der Waals surface area contributed by atoms with Gasteiger partial charge in [-0.15, -0.1) is 0 Å². The van der Waals surface area contributed by atoms with Crippen LogP contribution in [-0.2, 0) is 23.8 Å². The van der Waals surface area contributed by atoms with Gasteiger partial charge in [-0.2, -0.15) is 0 Å². The highest BCUT2D eigenvalue weighted by Crippen LogP contribution is 2.42. The predicted octanol–water partition coefficient (Wildman–Crippen LogP) is 3.02. The molecule has 0 aliphatic carbocycles. The van der Waals surface area contributed by atoms with Gasteiger partial charge in [0.05, 0.1) is 24.7 Å². The SMILES string of the molecule is CCOC(=O)C1=C(C)OC(N)=C(C(=O)OCC)[C@@H]1c1ccccc1Cl. The first-order chi connectivity index (χ1) is 11.9. The minimum atomic E-state index is -0.833. The summed E-state index contributed by atoms with van der Waals surface area (Å²) in [5.74, 6) is -1.96. The fourth-order valence-corrected chi connectivity index (χ4v) is 2.93. The quantitative estimate of drug-likeness (QED) is 0.807. The van der Waals surface area contributed by atoms with E-state index in [9.17, 15) is 9.59 Å². The fourth-order valence-electron chi connectivity index (χ4n) is 2.68. The summed E-state index contributed by atoms with van der Waals surface area (Å²) in [5, 5.41) is 0.388. The van der Waals surface area contributed by atoms with E-state index in [2.05, 4.69) is 0 Å². The average Bonchev–Trinajstić information content (AvgIpc) is 2.54. The second kappa shape index (κ2) is 8.07. The first-order valence-electron chi connectivity index (χ1n) is 7.89. The molecule has 1 aromatic carbocycles. The van der Waals surface area contributed by atoms with E-state index < -0.39 is 17.9 Å². The molecular weight excluding hydrogens is 346 g/mol. The maximum absolute atomic E-state index is 12.5. The molecule has 0 spiro atoms. The number of hydrogen-bond donors (Lipinski definition) is 1. The van der Waals surface area contributed by atoms with Crippen molar-refractivity contribution in [3.63, 3.8) is 0 Å². The van der Waals surface area contributed by atoms with E-state index in [1.807, 2.05) is 0 Å². The van der Waals surface area contributed by atoms with Crippen molar-refractivity contribution in [2.75, 3.05) is 13.2 Å².